The van der Waals surface area contributed by atoms with E-state index in [-0.39, 0.29) is 28.2 Å². The van der Waals surface area contributed by atoms with Gasteiger partial charge in [0.1, 0.15) is 17.2 Å². The number of fused-ring (bicyclic) bond motifs is 1. The number of unbranched alkanes of at least 4 members (excludes halogenated alkanes) is 1. The molecule has 0 atom stereocenters. The Hall–Kier alpha value is -4.51. The Labute approximate surface area is 236 Å². The van der Waals surface area contributed by atoms with Crippen LogP contribution in [0.4, 0.5) is 10.1 Å². The van der Waals surface area contributed by atoms with Crippen molar-refractivity contribution in [3.05, 3.63) is 122 Å². The molecule has 0 unspecified atom stereocenters. The summed E-state index contributed by atoms with van der Waals surface area (Å²) in [7, 11) is -3.74. The van der Waals surface area contributed by atoms with Gasteiger partial charge in [0.25, 0.3) is 15.6 Å². The number of benzene rings is 3. The molecule has 0 saturated heterocycles. The Balaban J connectivity index is 1.44. The zero-order valence-electron chi connectivity index (χ0n) is 22.7. The smallest absolute Gasteiger partial charge is 0.333 e. The number of aryl methyl sites for hydroxylation is 2. The third-order valence-corrected chi connectivity index (χ3v) is 8.19. The van der Waals surface area contributed by atoms with E-state index < -0.39 is 27.1 Å². The number of nitrogens with zero attached hydrogens (tertiary/aromatic N) is 3. The fraction of sp³-hybridized carbons (Fsp3) is 0.233. The Morgan fingerprint density at radius 1 is 0.976 bits per heavy atom. The molecule has 9 nitrogen and oxygen atoms in total. The van der Waals surface area contributed by atoms with Crippen molar-refractivity contribution < 1.29 is 12.8 Å². The molecule has 11 heteroatoms. The van der Waals surface area contributed by atoms with E-state index in [0.717, 1.165) is 22.1 Å². The predicted octanol–water partition coefficient (Wildman–Crippen LogP) is 4.57. The van der Waals surface area contributed by atoms with Gasteiger partial charge in [-0.1, -0.05) is 55.8 Å². The number of aromatic amines is 1. The van der Waals surface area contributed by atoms with Gasteiger partial charge in [-0.3, -0.25) is 18.7 Å². The molecular weight excluding hydrogens is 545 g/mol. The van der Waals surface area contributed by atoms with Crippen LogP contribution in [-0.2, 0) is 29.5 Å². The van der Waals surface area contributed by atoms with E-state index in [1.54, 1.807) is 54.6 Å². The number of hydrogen-bond donors (Lipinski definition) is 2. The van der Waals surface area contributed by atoms with Crippen LogP contribution in [0, 0.1) is 12.7 Å². The van der Waals surface area contributed by atoms with Crippen LogP contribution >= 0.6 is 0 Å². The van der Waals surface area contributed by atoms with Gasteiger partial charge in [0, 0.05) is 24.2 Å². The second-order valence-corrected chi connectivity index (χ2v) is 11.6. The number of halogens is 1. The molecule has 0 saturated carbocycles. The monoisotopic (exact) mass is 575 g/mol. The molecule has 3 aromatic carbocycles. The lowest BCUT2D eigenvalue weighted by Gasteiger charge is -2.11. The average molecular weight is 576 g/mol. The number of aromatic nitrogens is 4. The molecular formula is C30H30FN5O4S. The standard InChI is InChI=1S/C30H30FN5O4S/c1-3-4-16-35-28-27(29(37)36(30(35)38)19-22-9-5-6-11-25(22)31)32-26(33-28)18-21-12-14-23(15-13-21)34-41(39,40)24-10-7-8-20(2)17-24/h5-15,17,34H,3-4,16,18-19H2,1-2H3,(H,32,33). The molecule has 0 aliphatic heterocycles. The third kappa shape index (κ3) is 5.99. The topological polar surface area (TPSA) is 119 Å². The lowest BCUT2D eigenvalue weighted by atomic mass is 10.1. The molecule has 0 amide bonds. The van der Waals surface area contributed by atoms with Crippen molar-refractivity contribution >= 4 is 26.9 Å². The number of imidazole rings is 1. The van der Waals surface area contributed by atoms with Gasteiger partial charge in [0.2, 0.25) is 0 Å². The third-order valence-electron chi connectivity index (χ3n) is 6.81. The van der Waals surface area contributed by atoms with Gasteiger partial charge in [0.15, 0.2) is 5.65 Å². The van der Waals surface area contributed by atoms with Crippen LogP contribution in [-0.4, -0.2) is 27.5 Å². The van der Waals surface area contributed by atoms with E-state index in [2.05, 4.69) is 14.7 Å². The Bertz CT molecular complexity index is 1940. The maximum absolute atomic E-state index is 14.3. The van der Waals surface area contributed by atoms with Crippen LogP contribution in [0.3, 0.4) is 0 Å². The van der Waals surface area contributed by atoms with Gasteiger partial charge in [0.05, 0.1) is 11.4 Å². The maximum atomic E-state index is 14.3. The van der Waals surface area contributed by atoms with Crippen molar-refractivity contribution in [3.8, 4) is 0 Å². The molecule has 5 rings (SSSR count). The minimum atomic E-state index is -3.74. The highest BCUT2D eigenvalue weighted by Crippen LogP contribution is 2.19. The van der Waals surface area contributed by atoms with Gasteiger partial charge in [-0.25, -0.2) is 22.6 Å². The number of H-pyrrole nitrogens is 1. The molecule has 2 aromatic heterocycles. The number of nitrogens with one attached hydrogen (secondary N) is 2. The first kappa shape index (κ1) is 28.0. The fourth-order valence-corrected chi connectivity index (χ4v) is 5.80. The fourth-order valence-electron chi connectivity index (χ4n) is 4.63. The zero-order valence-corrected chi connectivity index (χ0v) is 23.5. The second-order valence-electron chi connectivity index (χ2n) is 9.95. The summed E-state index contributed by atoms with van der Waals surface area (Å²) in [6.45, 7) is 4.00. The van der Waals surface area contributed by atoms with Crippen LogP contribution in [0.5, 0.6) is 0 Å². The highest BCUT2D eigenvalue weighted by molar-refractivity contribution is 7.92. The predicted molar refractivity (Wildman–Crippen MR) is 156 cm³/mol. The summed E-state index contributed by atoms with van der Waals surface area (Å²) in [5, 5.41) is 0. The van der Waals surface area contributed by atoms with E-state index in [0.29, 0.717) is 30.9 Å². The van der Waals surface area contributed by atoms with Crippen molar-refractivity contribution in [1.82, 2.24) is 19.1 Å². The lowest BCUT2D eigenvalue weighted by molar-refractivity contribution is 0.553. The van der Waals surface area contributed by atoms with E-state index in [1.807, 2.05) is 19.9 Å². The quantitative estimate of drug-likeness (QED) is 0.253. The molecule has 2 heterocycles. The first-order valence-corrected chi connectivity index (χ1v) is 14.8. The molecule has 212 valence electrons. The van der Waals surface area contributed by atoms with E-state index >= 15 is 0 Å². The van der Waals surface area contributed by atoms with Gasteiger partial charge in [-0.05, 0) is 54.8 Å². The number of sulfonamides is 1. The van der Waals surface area contributed by atoms with Crippen LogP contribution < -0.4 is 16.0 Å². The van der Waals surface area contributed by atoms with Crippen molar-refractivity contribution in [2.24, 2.45) is 0 Å². The summed E-state index contributed by atoms with van der Waals surface area (Å²) in [5.74, 6) is -0.0209. The molecule has 0 aliphatic carbocycles. The minimum absolute atomic E-state index is 0.176. The molecule has 0 bridgehead atoms. The maximum Gasteiger partial charge on any atom is 0.333 e. The van der Waals surface area contributed by atoms with Crippen LogP contribution in [0.15, 0.2) is 87.3 Å². The summed E-state index contributed by atoms with van der Waals surface area (Å²) >= 11 is 0. The van der Waals surface area contributed by atoms with Crippen molar-refractivity contribution in [2.45, 2.75) is 51.1 Å². The first-order valence-electron chi connectivity index (χ1n) is 13.3. The van der Waals surface area contributed by atoms with Gasteiger partial charge >= 0.3 is 5.69 Å². The summed E-state index contributed by atoms with van der Waals surface area (Å²) in [6.07, 6.45) is 1.85. The van der Waals surface area contributed by atoms with Crippen LogP contribution in [0.2, 0.25) is 0 Å². The zero-order chi connectivity index (χ0) is 29.1. The lowest BCUT2D eigenvalue weighted by Crippen LogP contribution is -2.40. The molecule has 5 aromatic rings. The highest BCUT2D eigenvalue weighted by Gasteiger charge is 2.19. The molecule has 41 heavy (non-hydrogen) atoms. The van der Waals surface area contributed by atoms with Crippen molar-refractivity contribution in [2.75, 3.05) is 4.72 Å². The summed E-state index contributed by atoms with van der Waals surface area (Å²) < 4.78 is 44.9. The van der Waals surface area contributed by atoms with Crippen molar-refractivity contribution in [3.63, 3.8) is 0 Å². The van der Waals surface area contributed by atoms with Crippen LogP contribution in [0.1, 0.15) is 42.3 Å². The Morgan fingerprint density at radius 3 is 2.44 bits per heavy atom. The SMILES string of the molecule is CCCCn1c(=O)n(Cc2ccccc2F)c(=O)c2[nH]c(Cc3ccc(NS(=O)(=O)c4cccc(C)c4)cc3)nc21. The number of rotatable bonds is 10. The number of hydrogen-bond acceptors (Lipinski definition) is 5. The largest absolute Gasteiger partial charge is 0.336 e. The van der Waals surface area contributed by atoms with Gasteiger partial charge in [-0.2, -0.15) is 0 Å². The average Bonchev–Trinajstić information content (AvgIpc) is 3.36. The van der Waals surface area contributed by atoms with Crippen molar-refractivity contribution in [1.29, 1.82) is 0 Å². The minimum Gasteiger partial charge on any atom is -0.336 e. The second kappa shape index (κ2) is 11.5. The summed E-state index contributed by atoms with van der Waals surface area (Å²) in [4.78, 5) is 34.6. The van der Waals surface area contributed by atoms with E-state index in [9.17, 15) is 22.4 Å². The van der Waals surface area contributed by atoms with E-state index in [1.165, 1.54) is 16.7 Å². The van der Waals surface area contributed by atoms with E-state index in [4.69, 9.17) is 0 Å². The molecule has 0 aliphatic rings. The Morgan fingerprint density at radius 2 is 1.73 bits per heavy atom. The summed E-state index contributed by atoms with van der Waals surface area (Å²) in [5.41, 5.74) is 1.63. The molecule has 0 fully saturated rings. The van der Waals surface area contributed by atoms with Crippen LogP contribution in [0.25, 0.3) is 11.2 Å². The highest BCUT2D eigenvalue weighted by atomic mass is 32.2. The molecule has 0 spiro atoms. The molecule has 0 radical (unpaired) electrons. The number of anilines is 1. The van der Waals surface area contributed by atoms with Gasteiger partial charge in [-0.15, -0.1) is 0 Å². The molecule has 2 N–H and O–H groups in total. The Kier molecular flexibility index (Phi) is 7.89. The van der Waals surface area contributed by atoms with Gasteiger partial charge < -0.3 is 4.98 Å². The first-order chi connectivity index (χ1) is 19.7. The normalized spacial score (nSPS) is 11.7. The summed E-state index contributed by atoms with van der Waals surface area (Å²) in [6, 6.07) is 19.6.